The van der Waals surface area contributed by atoms with Crippen LogP contribution in [-0.4, -0.2) is 23.0 Å². The van der Waals surface area contributed by atoms with E-state index in [1.165, 1.54) is 0 Å². The second-order valence-electron chi connectivity index (χ2n) is 5.07. The van der Waals surface area contributed by atoms with Crippen LogP contribution in [0.5, 0.6) is 0 Å². The Morgan fingerprint density at radius 2 is 1.89 bits per heavy atom. The fourth-order valence-electron chi connectivity index (χ4n) is 2.32. The molecule has 0 spiro atoms. The first kappa shape index (κ1) is 13.6. The molecule has 1 aliphatic rings. The molecule has 1 aromatic carbocycles. The fraction of sp³-hybridized carbons (Fsp3) is 0.467. The van der Waals surface area contributed by atoms with E-state index in [2.05, 4.69) is 0 Å². The van der Waals surface area contributed by atoms with Gasteiger partial charge in [-0.2, -0.15) is 0 Å². The molecule has 1 atom stereocenters. The highest BCUT2D eigenvalue weighted by Gasteiger charge is 2.34. The number of carbonyl (C=O) groups is 2. The molecule has 0 aromatic heterocycles. The molecular formula is C15H19NO3. The first-order chi connectivity index (χ1) is 9.09. The van der Waals surface area contributed by atoms with Crippen molar-refractivity contribution in [3.8, 4) is 0 Å². The van der Waals surface area contributed by atoms with E-state index < -0.39 is 5.97 Å². The Balaban J connectivity index is 2.14. The minimum Gasteiger partial charge on any atom is -0.481 e. The van der Waals surface area contributed by atoms with Gasteiger partial charge in [0.05, 0.1) is 6.42 Å². The molecule has 0 aliphatic heterocycles. The van der Waals surface area contributed by atoms with Crippen molar-refractivity contribution in [3.63, 3.8) is 0 Å². The lowest BCUT2D eigenvalue weighted by Gasteiger charge is -2.29. The van der Waals surface area contributed by atoms with Gasteiger partial charge in [0.1, 0.15) is 0 Å². The zero-order valence-corrected chi connectivity index (χ0v) is 11.1. The van der Waals surface area contributed by atoms with Crippen molar-refractivity contribution in [2.75, 3.05) is 4.90 Å². The minimum atomic E-state index is -0.930. The standard InChI is InChI=1S/C15H19NO3/c1-11(12-7-8-12)16(13-5-3-2-4-6-13)14(17)9-10-15(18)19/h2-6,11-12H,7-10H2,1H3,(H,18,19)/t11-/m1/s1. The molecule has 1 saturated carbocycles. The number of carboxylic acid groups (broad SMARTS) is 1. The molecule has 102 valence electrons. The predicted molar refractivity (Wildman–Crippen MR) is 73.0 cm³/mol. The van der Waals surface area contributed by atoms with Crippen molar-refractivity contribution >= 4 is 17.6 Å². The average molecular weight is 261 g/mol. The molecule has 1 aliphatic carbocycles. The molecule has 1 fully saturated rings. The van der Waals surface area contributed by atoms with Crippen LogP contribution in [0, 0.1) is 5.92 Å². The number of nitrogens with zero attached hydrogens (tertiary/aromatic N) is 1. The van der Waals surface area contributed by atoms with E-state index in [0.29, 0.717) is 5.92 Å². The van der Waals surface area contributed by atoms with Crippen LogP contribution >= 0.6 is 0 Å². The van der Waals surface area contributed by atoms with Gasteiger partial charge in [-0.1, -0.05) is 18.2 Å². The lowest BCUT2D eigenvalue weighted by atomic mass is 10.1. The van der Waals surface area contributed by atoms with Crippen LogP contribution in [0.1, 0.15) is 32.6 Å². The van der Waals surface area contributed by atoms with Crippen molar-refractivity contribution in [1.82, 2.24) is 0 Å². The third-order valence-electron chi connectivity index (χ3n) is 3.57. The maximum Gasteiger partial charge on any atom is 0.303 e. The number of carboxylic acids is 1. The third-order valence-corrected chi connectivity index (χ3v) is 3.57. The molecule has 1 N–H and O–H groups in total. The topological polar surface area (TPSA) is 57.6 Å². The summed E-state index contributed by atoms with van der Waals surface area (Å²) in [6.07, 6.45) is 2.24. The summed E-state index contributed by atoms with van der Waals surface area (Å²) in [6.45, 7) is 2.04. The normalized spacial score (nSPS) is 15.8. The summed E-state index contributed by atoms with van der Waals surface area (Å²) in [4.78, 5) is 24.7. The van der Waals surface area contributed by atoms with Crippen LogP contribution in [0.3, 0.4) is 0 Å². The van der Waals surface area contributed by atoms with E-state index in [1.54, 1.807) is 4.90 Å². The van der Waals surface area contributed by atoms with E-state index in [1.807, 2.05) is 37.3 Å². The van der Waals surface area contributed by atoms with Gasteiger partial charge >= 0.3 is 5.97 Å². The lowest BCUT2D eigenvalue weighted by molar-refractivity contribution is -0.138. The molecular weight excluding hydrogens is 242 g/mol. The Kier molecular flexibility index (Phi) is 4.20. The number of benzene rings is 1. The van der Waals surface area contributed by atoms with E-state index in [9.17, 15) is 9.59 Å². The van der Waals surface area contributed by atoms with E-state index >= 15 is 0 Å². The van der Waals surface area contributed by atoms with Crippen LogP contribution in [0.2, 0.25) is 0 Å². The van der Waals surface area contributed by atoms with Gasteiger partial charge in [0.25, 0.3) is 0 Å². The quantitative estimate of drug-likeness (QED) is 0.856. The molecule has 0 radical (unpaired) electrons. The number of aliphatic carboxylic acids is 1. The van der Waals surface area contributed by atoms with Crippen LogP contribution in [0.4, 0.5) is 5.69 Å². The zero-order valence-electron chi connectivity index (χ0n) is 11.1. The van der Waals surface area contributed by atoms with Crippen LogP contribution in [0.15, 0.2) is 30.3 Å². The molecule has 0 bridgehead atoms. The van der Waals surface area contributed by atoms with Gasteiger partial charge in [-0.3, -0.25) is 9.59 Å². The van der Waals surface area contributed by atoms with E-state index in [4.69, 9.17) is 5.11 Å². The lowest BCUT2D eigenvalue weighted by Crippen LogP contribution is -2.40. The largest absolute Gasteiger partial charge is 0.481 e. The van der Waals surface area contributed by atoms with Gasteiger partial charge in [-0.05, 0) is 37.8 Å². The van der Waals surface area contributed by atoms with Gasteiger partial charge in [0.2, 0.25) is 5.91 Å². The molecule has 4 heteroatoms. The first-order valence-electron chi connectivity index (χ1n) is 6.68. The summed E-state index contributed by atoms with van der Waals surface area (Å²) >= 11 is 0. The summed E-state index contributed by atoms with van der Waals surface area (Å²) < 4.78 is 0. The van der Waals surface area contributed by atoms with Gasteiger partial charge in [-0.25, -0.2) is 0 Å². The van der Waals surface area contributed by atoms with Gasteiger partial charge in [0.15, 0.2) is 0 Å². The molecule has 2 rings (SSSR count). The van der Waals surface area contributed by atoms with Crippen molar-refractivity contribution in [2.24, 2.45) is 5.92 Å². The summed E-state index contributed by atoms with van der Waals surface area (Å²) in [5.41, 5.74) is 0.859. The average Bonchev–Trinajstić information content (AvgIpc) is 3.22. The smallest absolute Gasteiger partial charge is 0.303 e. The predicted octanol–water partition coefficient (Wildman–Crippen LogP) is 2.68. The van der Waals surface area contributed by atoms with Crippen molar-refractivity contribution in [1.29, 1.82) is 0 Å². The number of hydrogen-bond donors (Lipinski definition) is 1. The summed E-state index contributed by atoms with van der Waals surface area (Å²) in [7, 11) is 0. The van der Waals surface area contributed by atoms with Crippen molar-refractivity contribution in [2.45, 2.75) is 38.6 Å². The number of amides is 1. The van der Waals surface area contributed by atoms with Crippen LogP contribution in [0.25, 0.3) is 0 Å². The molecule has 0 saturated heterocycles. The molecule has 1 amide bonds. The third kappa shape index (κ3) is 3.56. The van der Waals surface area contributed by atoms with Crippen LogP contribution in [-0.2, 0) is 9.59 Å². The number of rotatable bonds is 6. The molecule has 1 aromatic rings. The molecule has 4 nitrogen and oxygen atoms in total. The maximum absolute atomic E-state index is 12.3. The highest BCUT2D eigenvalue weighted by Crippen LogP contribution is 2.37. The number of para-hydroxylation sites is 1. The summed E-state index contributed by atoms with van der Waals surface area (Å²) in [6, 6.07) is 9.64. The van der Waals surface area contributed by atoms with E-state index in [-0.39, 0.29) is 24.8 Å². The Hall–Kier alpha value is -1.84. The highest BCUT2D eigenvalue weighted by atomic mass is 16.4. The number of carbonyl (C=O) groups excluding carboxylic acids is 1. The SMILES string of the molecule is C[C@H](C1CC1)N(C(=O)CCC(=O)O)c1ccccc1. The fourth-order valence-corrected chi connectivity index (χ4v) is 2.32. The summed E-state index contributed by atoms with van der Waals surface area (Å²) in [5, 5.41) is 8.70. The van der Waals surface area contributed by atoms with Gasteiger partial charge < -0.3 is 10.0 Å². The number of hydrogen-bond acceptors (Lipinski definition) is 2. The minimum absolute atomic E-state index is 0.0568. The zero-order chi connectivity index (χ0) is 13.8. The second-order valence-corrected chi connectivity index (χ2v) is 5.07. The van der Waals surface area contributed by atoms with Gasteiger partial charge in [0, 0.05) is 18.2 Å². The van der Waals surface area contributed by atoms with Crippen molar-refractivity contribution < 1.29 is 14.7 Å². The highest BCUT2D eigenvalue weighted by molar-refractivity contribution is 5.95. The molecule has 0 unspecified atom stereocenters. The Bertz CT molecular complexity index is 454. The van der Waals surface area contributed by atoms with Gasteiger partial charge in [-0.15, -0.1) is 0 Å². The maximum atomic E-state index is 12.3. The molecule has 19 heavy (non-hydrogen) atoms. The van der Waals surface area contributed by atoms with E-state index in [0.717, 1.165) is 18.5 Å². The molecule has 0 heterocycles. The second kappa shape index (κ2) is 5.87. The Morgan fingerprint density at radius 1 is 1.26 bits per heavy atom. The summed E-state index contributed by atoms with van der Waals surface area (Å²) in [5.74, 6) is -0.484. The Morgan fingerprint density at radius 3 is 2.42 bits per heavy atom. The first-order valence-corrected chi connectivity index (χ1v) is 6.68. The monoisotopic (exact) mass is 261 g/mol. The number of anilines is 1. The van der Waals surface area contributed by atoms with Crippen molar-refractivity contribution in [3.05, 3.63) is 30.3 Å². The Labute approximate surface area is 113 Å². The van der Waals surface area contributed by atoms with Crippen LogP contribution < -0.4 is 4.90 Å².